The number of alkyl halides is 1. The third kappa shape index (κ3) is 1.95. The van der Waals surface area contributed by atoms with Crippen LogP contribution in [0, 0.1) is 0 Å². The van der Waals surface area contributed by atoms with Crippen LogP contribution in [-0.4, -0.2) is 27.5 Å². The van der Waals surface area contributed by atoms with Crippen LogP contribution < -0.4 is 0 Å². The van der Waals surface area contributed by atoms with Crippen LogP contribution >= 0.6 is 15.9 Å². The van der Waals surface area contributed by atoms with Crippen molar-refractivity contribution in [1.29, 1.82) is 0 Å². The molecule has 1 aromatic heterocycles. The molecular weight excluding hydrogens is 258 g/mol. The number of rotatable bonds is 3. The molecule has 0 spiro atoms. The van der Waals surface area contributed by atoms with Crippen molar-refractivity contribution in [3.63, 3.8) is 0 Å². The summed E-state index contributed by atoms with van der Waals surface area (Å²) < 4.78 is 7.75. The molecule has 1 aliphatic rings. The average molecular weight is 274 g/mol. The Morgan fingerprint density at radius 1 is 1.53 bits per heavy atom. The minimum absolute atomic E-state index is 0.266. The lowest BCUT2D eigenvalue weighted by molar-refractivity contribution is 0.116. The average Bonchev–Trinajstić information content (AvgIpc) is 2.82. The summed E-state index contributed by atoms with van der Waals surface area (Å²) >= 11 is 3.43. The monoisotopic (exact) mass is 273 g/mol. The first kappa shape index (κ1) is 11.1. The van der Waals surface area contributed by atoms with Gasteiger partial charge >= 0.3 is 0 Å². The summed E-state index contributed by atoms with van der Waals surface area (Å²) in [6, 6.07) is 0. The summed E-state index contributed by atoms with van der Waals surface area (Å²) in [5.41, 5.74) is 0. The number of aromatic nitrogens is 3. The van der Waals surface area contributed by atoms with Crippen LogP contribution in [0.2, 0.25) is 0 Å². The quantitative estimate of drug-likeness (QED) is 0.792. The molecule has 2 atom stereocenters. The van der Waals surface area contributed by atoms with E-state index in [1.165, 1.54) is 0 Å². The maximum atomic E-state index is 5.57. The Balaban J connectivity index is 2.30. The molecule has 0 saturated carbocycles. The third-order valence-corrected chi connectivity index (χ3v) is 3.50. The highest BCUT2D eigenvalue weighted by Gasteiger charge is 2.30. The van der Waals surface area contributed by atoms with Crippen molar-refractivity contribution in [1.82, 2.24) is 14.8 Å². The first-order valence-electron chi connectivity index (χ1n) is 5.37. The van der Waals surface area contributed by atoms with Crippen LogP contribution in [0.5, 0.6) is 0 Å². The van der Waals surface area contributed by atoms with Crippen LogP contribution in [0.15, 0.2) is 0 Å². The fraction of sp³-hybridized carbons (Fsp3) is 0.800. The molecule has 0 aliphatic carbocycles. The van der Waals surface area contributed by atoms with Gasteiger partial charge in [0.25, 0.3) is 0 Å². The van der Waals surface area contributed by atoms with E-state index in [0.717, 1.165) is 36.6 Å². The van der Waals surface area contributed by atoms with Gasteiger partial charge in [-0.25, -0.2) is 0 Å². The maximum Gasteiger partial charge on any atom is 0.143 e. The molecule has 0 aromatic carbocycles. The van der Waals surface area contributed by atoms with Gasteiger partial charge in [0.2, 0.25) is 0 Å². The molecular formula is C10H16BrN3O. The topological polar surface area (TPSA) is 39.9 Å². The highest BCUT2D eigenvalue weighted by atomic mass is 79.9. The zero-order chi connectivity index (χ0) is 10.8. The van der Waals surface area contributed by atoms with E-state index in [1.807, 2.05) is 0 Å². The fourth-order valence-corrected chi connectivity index (χ4v) is 2.55. The SMILES string of the molecule is CCn1c(CBr)nnc1C1CCOC1C. The molecule has 0 bridgehead atoms. The van der Waals surface area contributed by atoms with Gasteiger partial charge in [0.1, 0.15) is 11.6 Å². The van der Waals surface area contributed by atoms with Gasteiger partial charge in [-0.3, -0.25) is 0 Å². The fourth-order valence-electron chi connectivity index (χ4n) is 2.14. The second-order valence-corrected chi connectivity index (χ2v) is 4.38. The number of ether oxygens (including phenoxy) is 1. The standard InChI is InChI=1S/C10H16BrN3O/c1-3-14-9(6-11)12-13-10(14)8-4-5-15-7(8)2/h7-8H,3-6H2,1-2H3. The Labute approximate surface area is 98.2 Å². The van der Waals surface area contributed by atoms with E-state index < -0.39 is 0 Å². The van der Waals surface area contributed by atoms with Crippen molar-refractivity contribution in [2.45, 2.75) is 44.2 Å². The van der Waals surface area contributed by atoms with Gasteiger partial charge in [-0.05, 0) is 20.3 Å². The van der Waals surface area contributed by atoms with E-state index in [1.54, 1.807) is 0 Å². The predicted molar refractivity (Wildman–Crippen MR) is 61.1 cm³/mol. The van der Waals surface area contributed by atoms with Crippen molar-refractivity contribution < 1.29 is 4.74 Å². The summed E-state index contributed by atoms with van der Waals surface area (Å²) in [6.45, 7) is 6.00. The minimum Gasteiger partial charge on any atom is -0.378 e. The summed E-state index contributed by atoms with van der Waals surface area (Å²) in [6.07, 6.45) is 1.32. The van der Waals surface area contributed by atoms with Gasteiger partial charge in [-0.1, -0.05) is 15.9 Å². The molecule has 1 saturated heterocycles. The van der Waals surface area contributed by atoms with Gasteiger partial charge in [0.15, 0.2) is 0 Å². The largest absolute Gasteiger partial charge is 0.378 e. The molecule has 1 fully saturated rings. The van der Waals surface area contributed by atoms with Crippen molar-refractivity contribution in [3.8, 4) is 0 Å². The second kappa shape index (κ2) is 4.61. The molecule has 2 heterocycles. The minimum atomic E-state index is 0.266. The third-order valence-electron chi connectivity index (χ3n) is 3.00. The molecule has 2 rings (SSSR count). The molecule has 84 valence electrons. The van der Waals surface area contributed by atoms with Crippen molar-refractivity contribution in [2.24, 2.45) is 0 Å². The lowest BCUT2D eigenvalue weighted by atomic mass is 10.0. The van der Waals surface area contributed by atoms with Crippen LogP contribution in [0.1, 0.15) is 37.8 Å². The van der Waals surface area contributed by atoms with Gasteiger partial charge in [-0.2, -0.15) is 0 Å². The molecule has 4 nitrogen and oxygen atoms in total. The normalized spacial score (nSPS) is 26.1. The Hall–Kier alpha value is -0.420. The van der Waals surface area contributed by atoms with Crippen LogP contribution in [0.4, 0.5) is 0 Å². The Morgan fingerprint density at radius 3 is 2.87 bits per heavy atom. The van der Waals surface area contributed by atoms with Gasteiger partial charge in [0, 0.05) is 19.1 Å². The second-order valence-electron chi connectivity index (χ2n) is 3.82. The number of hydrogen-bond donors (Lipinski definition) is 0. The number of hydrogen-bond acceptors (Lipinski definition) is 3. The number of halogens is 1. The molecule has 1 aliphatic heterocycles. The van der Waals surface area contributed by atoms with Crippen LogP contribution in [0.3, 0.4) is 0 Å². The van der Waals surface area contributed by atoms with E-state index in [0.29, 0.717) is 5.92 Å². The Morgan fingerprint density at radius 2 is 2.33 bits per heavy atom. The zero-order valence-electron chi connectivity index (χ0n) is 9.11. The van der Waals surface area contributed by atoms with Gasteiger partial charge in [0.05, 0.1) is 11.4 Å². The highest BCUT2D eigenvalue weighted by Crippen LogP contribution is 2.30. The van der Waals surface area contributed by atoms with Gasteiger partial charge < -0.3 is 9.30 Å². The molecule has 0 amide bonds. The lowest BCUT2D eigenvalue weighted by Crippen LogP contribution is -2.15. The molecule has 0 radical (unpaired) electrons. The molecule has 2 unspecified atom stereocenters. The van der Waals surface area contributed by atoms with E-state index in [9.17, 15) is 0 Å². The lowest BCUT2D eigenvalue weighted by Gasteiger charge is -2.14. The van der Waals surface area contributed by atoms with E-state index >= 15 is 0 Å². The number of nitrogens with zero attached hydrogens (tertiary/aromatic N) is 3. The molecule has 1 aromatic rings. The zero-order valence-corrected chi connectivity index (χ0v) is 10.7. The van der Waals surface area contributed by atoms with E-state index in [4.69, 9.17) is 4.74 Å². The molecule has 5 heteroatoms. The van der Waals surface area contributed by atoms with E-state index in [-0.39, 0.29) is 6.10 Å². The Kier molecular flexibility index (Phi) is 3.41. The first-order valence-corrected chi connectivity index (χ1v) is 6.49. The molecule has 15 heavy (non-hydrogen) atoms. The maximum absolute atomic E-state index is 5.57. The first-order chi connectivity index (χ1) is 7.27. The summed E-state index contributed by atoms with van der Waals surface area (Å²) in [4.78, 5) is 0. The Bertz CT molecular complexity index is 339. The molecule has 0 N–H and O–H groups in total. The van der Waals surface area contributed by atoms with Crippen LogP contribution in [0.25, 0.3) is 0 Å². The smallest absolute Gasteiger partial charge is 0.143 e. The summed E-state index contributed by atoms with van der Waals surface area (Å²) in [7, 11) is 0. The predicted octanol–water partition coefficient (Wildman–Crippen LogP) is 2.09. The van der Waals surface area contributed by atoms with Crippen molar-refractivity contribution in [2.75, 3.05) is 6.61 Å². The highest BCUT2D eigenvalue weighted by molar-refractivity contribution is 9.08. The van der Waals surface area contributed by atoms with Crippen molar-refractivity contribution in [3.05, 3.63) is 11.6 Å². The summed E-state index contributed by atoms with van der Waals surface area (Å²) in [5.74, 6) is 2.49. The van der Waals surface area contributed by atoms with Gasteiger partial charge in [-0.15, -0.1) is 10.2 Å². The van der Waals surface area contributed by atoms with Crippen LogP contribution in [-0.2, 0) is 16.6 Å². The van der Waals surface area contributed by atoms with E-state index in [2.05, 4.69) is 44.5 Å². The summed E-state index contributed by atoms with van der Waals surface area (Å²) in [5, 5.41) is 9.25. The van der Waals surface area contributed by atoms with Crippen molar-refractivity contribution >= 4 is 15.9 Å².